The minimum atomic E-state index is -0.127. The molecule has 0 aromatic heterocycles. The second-order valence-corrected chi connectivity index (χ2v) is 6.86. The highest BCUT2D eigenvalue weighted by Gasteiger charge is 2.39. The van der Waals surface area contributed by atoms with Crippen molar-refractivity contribution in [2.75, 3.05) is 6.54 Å². The number of benzene rings is 1. The van der Waals surface area contributed by atoms with Crippen LogP contribution in [-0.2, 0) is 10.3 Å². The lowest BCUT2D eigenvalue weighted by atomic mass is 9.71. The molecule has 0 unspecified atom stereocenters. The topological polar surface area (TPSA) is 55.1 Å². The molecule has 0 radical (unpaired) electrons. The Morgan fingerprint density at radius 1 is 1.23 bits per heavy atom. The van der Waals surface area contributed by atoms with Crippen molar-refractivity contribution in [1.29, 1.82) is 0 Å². The minimum absolute atomic E-state index is 0. The molecule has 1 aromatic rings. The number of nitrogens with two attached hydrogens (primary N) is 1. The van der Waals surface area contributed by atoms with Crippen LogP contribution < -0.4 is 11.1 Å². The van der Waals surface area contributed by atoms with Crippen LogP contribution in [0.4, 0.5) is 0 Å². The predicted octanol–water partition coefficient (Wildman–Crippen LogP) is 4.28. The summed E-state index contributed by atoms with van der Waals surface area (Å²) in [5.41, 5.74) is 6.57. The molecule has 22 heavy (non-hydrogen) atoms. The van der Waals surface area contributed by atoms with Gasteiger partial charge in [0.2, 0.25) is 5.91 Å². The van der Waals surface area contributed by atoms with Crippen molar-refractivity contribution in [3.63, 3.8) is 0 Å². The molecule has 1 amide bonds. The summed E-state index contributed by atoms with van der Waals surface area (Å²) < 4.78 is 1.07. The largest absolute Gasteiger partial charge is 0.347 e. The van der Waals surface area contributed by atoms with E-state index in [4.69, 9.17) is 5.73 Å². The van der Waals surface area contributed by atoms with Crippen LogP contribution in [0.1, 0.15) is 56.9 Å². The molecule has 3 N–H and O–H groups in total. The Morgan fingerprint density at radius 3 is 2.55 bits per heavy atom. The molecule has 0 bridgehead atoms. The number of amides is 1. The highest BCUT2D eigenvalue weighted by molar-refractivity contribution is 9.10. The van der Waals surface area contributed by atoms with Gasteiger partial charge < -0.3 is 11.1 Å². The van der Waals surface area contributed by atoms with E-state index < -0.39 is 0 Å². The van der Waals surface area contributed by atoms with E-state index in [0.29, 0.717) is 6.42 Å². The summed E-state index contributed by atoms with van der Waals surface area (Å²) in [5.74, 6) is 0.183. The molecular formula is C17H26BrClN2O. The molecule has 0 atom stereocenters. The first kappa shape index (κ1) is 19.5. The first-order valence-corrected chi connectivity index (χ1v) is 8.73. The molecule has 1 aliphatic carbocycles. The van der Waals surface area contributed by atoms with Gasteiger partial charge in [0.05, 0.1) is 5.54 Å². The van der Waals surface area contributed by atoms with Gasteiger partial charge in [-0.3, -0.25) is 4.79 Å². The van der Waals surface area contributed by atoms with Crippen molar-refractivity contribution in [2.45, 2.75) is 56.9 Å². The fourth-order valence-electron chi connectivity index (χ4n) is 2.92. The highest BCUT2D eigenvalue weighted by atomic mass is 79.9. The highest BCUT2D eigenvalue weighted by Crippen LogP contribution is 2.42. The molecule has 1 aliphatic rings. The van der Waals surface area contributed by atoms with Crippen LogP contribution in [-0.4, -0.2) is 12.5 Å². The van der Waals surface area contributed by atoms with Crippen molar-refractivity contribution in [3.05, 3.63) is 34.3 Å². The smallest absolute Gasteiger partial charge is 0.220 e. The molecule has 0 saturated heterocycles. The first-order chi connectivity index (χ1) is 10.2. The van der Waals surface area contributed by atoms with E-state index in [1.165, 1.54) is 12.0 Å². The molecular weight excluding hydrogens is 364 g/mol. The monoisotopic (exact) mass is 388 g/mol. The standard InChI is InChI=1S/C17H25BrN2O.ClH/c18-15-8-5-7-14(13-15)17(10-6-11-17)20-16(21)9-3-1-2-4-12-19;/h5,7-8,13H,1-4,6,9-12,19H2,(H,20,21);1H. The van der Waals surface area contributed by atoms with Crippen LogP contribution >= 0.6 is 28.3 Å². The maximum Gasteiger partial charge on any atom is 0.220 e. The van der Waals surface area contributed by atoms with Crippen LogP contribution in [0.15, 0.2) is 28.7 Å². The van der Waals surface area contributed by atoms with Crippen LogP contribution in [0, 0.1) is 0 Å². The Hall–Kier alpha value is -0.580. The van der Waals surface area contributed by atoms with Crippen LogP contribution in [0.25, 0.3) is 0 Å². The van der Waals surface area contributed by atoms with Gasteiger partial charge in [0.15, 0.2) is 0 Å². The molecule has 124 valence electrons. The van der Waals surface area contributed by atoms with E-state index in [9.17, 15) is 4.79 Å². The predicted molar refractivity (Wildman–Crippen MR) is 97.2 cm³/mol. The summed E-state index contributed by atoms with van der Waals surface area (Å²) in [6, 6.07) is 8.31. The number of carbonyl (C=O) groups is 1. The third-order valence-electron chi connectivity index (χ3n) is 4.32. The Balaban J connectivity index is 0.00000242. The van der Waals surface area contributed by atoms with Crippen molar-refractivity contribution in [1.82, 2.24) is 5.32 Å². The number of carbonyl (C=O) groups excluding carboxylic acids is 1. The molecule has 0 aliphatic heterocycles. The molecule has 1 fully saturated rings. The lowest BCUT2D eigenvalue weighted by molar-refractivity contribution is -0.124. The fourth-order valence-corrected chi connectivity index (χ4v) is 3.31. The number of rotatable bonds is 8. The average molecular weight is 390 g/mol. The van der Waals surface area contributed by atoms with Gasteiger partial charge in [0, 0.05) is 10.9 Å². The summed E-state index contributed by atoms with van der Waals surface area (Å²) in [4.78, 5) is 12.2. The zero-order valence-corrected chi connectivity index (χ0v) is 15.3. The van der Waals surface area contributed by atoms with Crippen LogP contribution in [0.5, 0.6) is 0 Å². The molecule has 1 aromatic carbocycles. The Kier molecular flexibility index (Phi) is 8.44. The number of hydrogen-bond acceptors (Lipinski definition) is 2. The normalized spacial score (nSPS) is 15.5. The van der Waals surface area contributed by atoms with E-state index >= 15 is 0 Å². The third kappa shape index (κ3) is 5.25. The Bertz CT molecular complexity index is 477. The zero-order valence-electron chi connectivity index (χ0n) is 12.9. The first-order valence-electron chi connectivity index (χ1n) is 7.93. The number of unbranched alkanes of at least 4 members (excludes halogenated alkanes) is 3. The lowest BCUT2D eigenvalue weighted by Crippen LogP contribution is -2.50. The van der Waals surface area contributed by atoms with Crippen LogP contribution in [0.3, 0.4) is 0 Å². The van der Waals surface area contributed by atoms with E-state index in [2.05, 4.69) is 33.4 Å². The van der Waals surface area contributed by atoms with Gasteiger partial charge in [-0.05, 0) is 56.3 Å². The zero-order chi connectivity index (χ0) is 15.1. The minimum Gasteiger partial charge on any atom is -0.347 e. The number of nitrogens with one attached hydrogen (secondary N) is 1. The van der Waals surface area contributed by atoms with Crippen LogP contribution in [0.2, 0.25) is 0 Å². The summed E-state index contributed by atoms with van der Waals surface area (Å²) in [5, 5.41) is 3.28. The van der Waals surface area contributed by atoms with Crippen molar-refractivity contribution in [2.24, 2.45) is 5.73 Å². The lowest BCUT2D eigenvalue weighted by Gasteiger charge is -2.43. The molecule has 3 nitrogen and oxygen atoms in total. The Morgan fingerprint density at radius 2 is 1.95 bits per heavy atom. The third-order valence-corrected chi connectivity index (χ3v) is 4.81. The van der Waals surface area contributed by atoms with Gasteiger partial charge >= 0.3 is 0 Å². The molecule has 0 heterocycles. The van der Waals surface area contributed by atoms with Crippen molar-refractivity contribution < 1.29 is 4.79 Å². The maximum absolute atomic E-state index is 12.2. The van der Waals surface area contributed by atoms with E-state index in [1.807, 2.05) is 12.1 Å². The van der Waals surface area contributed by atoms with Gasteiger partial charge in [0.25, 0.3) is 0 Å². The summed E-state index contributed by atoms with van der Waals surface area (Å²) in [6.07, 6.45) is 8.13. The SMILES string of the molecule is Cl.NCCCCCCC(=O)NC1(c2cccc(Br)c2)CCC1. The van der Waals surface area contributed by atoms with Gasteiger partial charge in [0.1, 0.15) is 0 Å². The van der Waals surface area contributed by atoms with E-state index in [0.717, 1.165) is 49.5 Å². The van der Waals surface area contributed by atoms with Crippen molar-refractivity contribution >= 4 is 34.2 Å². The number of hydrogen-bond donors (Lipinski definition) is 2. The van der Waals surface area contributed by atoms with Crippen molar-refractivity contribution in [3.8, 4) is 0 Å². The maximum atomic E-state index is 12.2. The summed E-state index contributed by atoms with van der Waals surface area (Å²) >= 11 is 3.52. The van der Waals surface area contributed by atoms with Gasteiger partial charge in [-0.2, -0.15) is 0 Å². The van der Waals surface area contributed by atoms with E-state index in [1.54, 1.807) is 0 Å². The van der Waals surface area contributed by atoms with Gasteiger partial charge in [-0.1, -0.05) is 40.9 Å². The molecule has 5 heteroatoms. The second kappa shape index (κ2) is 9.53. The van der Waals surface area contributed by atoms with E-state index in [-0.39, 0.29) is 23.9 Å². The van der Waals surface area contributed by atoms with Gasteiger partial charge in [-0.25, -0.2) is 0 Å². The quantitative estimate of drug-likeness (QED) is 0.652. The molecule has 2 rings (SSSR count). The fraction of sp³-hybridized carbons (Fsp3) is 0.588. The molecule has 0 spiro atoms. The average Bonchev–Trinajstić information content (AvgIpc) is 2.42. The summed E-state index contributed by atoms with van der Waals surface area (Å²) in [6.45, 7) is 0.748. The second-order valence-electron chi connectivity index (χ2n) is 5.95. The number of halogens is 2. The molecule has 1 saturated carbocycles. The van der Waals surface area contributed by atoms with Gasteiger partial charge in [-0.15, -0.1) is 12.4 Å². The summed E-state index contributed by atoms with van der Waals surface area (Å²) in [7, 11) is 0. The Labute approximate surface area is 148 Å².